The van der Waals surface area contributed by atoms with Crippen LogP contribution in [0.4, 0.5) is 5.95 Å². The fourth-order valence-electron chi connectivity index (χ4n) is 3.96. The number of carbonyl (C=O) groups excluding carboxylic acids is 1. The minimum absolute atomic E-state index is 0.248. The lowest BCUT2D eigenvalue weighted by Gasteiger charge is -2.34. The van der Waals surface area contributed by atoms with E-state index in [2.05, 4.69) is 16.0 Å². The van der Waals surface area contributed by atoms with E-state index in [-0.39, 0.29) is 12.5 Å². The van der Waals surface area contributed by atoms with E-state index in [1.54, 1.807) is 7.05 Å². The van der Waals surface area contributed by atoms with Gasteiger partial charge in [0.2, 0.25) is 5.95 Å². The lowest BCUT2D eigenvalue weighted by Crippen LogP contribution is -2.48. The summed E-state index contributed by atoms with van der Waals surface area (Å²) in [6.07, 6.45) is 0. The highest BCUT2D eigenvalue weighted by molar-refractivity contribution is 5.75. The van der Waals surface area contributed by atoms with Crippen LogP contribution in [0, 0.1) is 6.92 Å². The minimum atomic E-state index is -0.493. The Bertz CT molecular complexity index is 1230. The molecule has 164 valence electrons. The molecule has 2 aromatic heterocycles. The lowest BCUT2D eigenvalue weighted by molar-refractivity contribution is -0.142. The van der Waals surface area contributed by atoms with Gasteiger partial charge < -0.3 is 9.64 Å². The molecule has 1 N–H and O–H groups in total. The van der Waals surface area contributed by atoms with E-state index in [4.69, 9.17) is 9.72 Å². The average Bonchev–Trinajstić information content (AvgIpc) is 3.12. The van der Waals surface area contributed by atoms with Gasteiger partial charge in [0.25, 0.3) is 5.56 Å². The number of rotatable bonds is 5. The summed E-state index contributed by atoms with van der Waals surface area (Å²) in [4.78, 5) is 47.6. The van der Waals surface area contributed by atoms with E-state index in [1.165, 1.54) is 11.7 Å². The van der Waals surface area contributed by atoms with Gasteiger partial charge >= 0.3 is 11.7 Å². The number of imidazole rings is 1. The molecule has 1 aromatic carbocycles. The summed E-state index contributed by atoms with van der Waals surface area (Å²) in [6, 6.07) is 8.08. The highest BCUT2D eigenvalue weighted by Gasteiger charge is 2.25. The van der Waals surface area contributed by atoms with Crippen molar-refractivity contribution in [2.75, 3.05) is 44.7 Å². The number of aromatic amines is 1. The number of hydrogen-bond acceptors (Lipinski definition) is 7. The Morgan fingerprint density at radius 3 is 2.61 bits per heavy atom. The Labute approximate surface area is 178 Å². The summed E-state index contributed by atoms with van der Waals surface area (Å²) in [7, 11) is 2.98. The summed E-state index contributed by atoms with van der Waals surface area (Å²) < 4.78 is 7.99. The van der Waals surface area contributed by atoms with Crippen molar-refractivity contribution in [2.45, 2.75) is 13.5 Å². The lowest BCUT2D eigenvalue weighted by atomic mass is 10.1. The number of hydrogen-bond donors (Lipinski definition) is 1. The smallest absolute Gasteiger partial charge is 0.329 e. The first-order chi connectivity index (χ1) is 14.9. The number of nitrogens with one attached hydrogen (secondary N) is 1. The molecule has 3 heterocycles. The minimum Gasteiger partial charge on any atom is -0.468 e. The Morgan fingerprint density at radius 1 is 1.19 bits per heavy atom. The molecule has 10 nitrogen and oxygen atoms in total. The van der Waals surface area contributed by atoms with Gasteiger partial charge in [0.1, 0.15) is 0 Å². The van der Waals surface area contributed by atoms with Crippen LogP contribution < -0.4 is 16.1 Å². The van der Waals surface area contributed by atoms with E-state index in [0.29, 0.717) is 49.8 Å². The van der Waals surface area contributed by atoms with Crippen LogP contribution in [0.1, 0.15) is 11.1 Å². The molecule has 0 amide bonds. The Hall–Kier alpha value is -3.40. The largest absolute Gasteiger partial charge is 0.468 e. The molecule has 4 rings (SSSR count). The number of methoxy groups -OCH3 is 1. The molecule has 0 saturated carbocycles. The summed E-state index contributed by atoms with van der Waals surface area (Å²) >= 11 is 0. The number of nitrogens with zero attached hydrogens (tertiary/aromatic N) is 5. The third-order valence-electron chi connectivity index (χ3n) is 5.65. The molecular formula is C21H26N6O4. The Balaban J connectivity index is 1.73. The molecule has 0 bridgehead atoms. The van der Waals surface area contributed by atoms with Crippen molar-refractivity contribution in [1.82, 2.24) is 24.0 Å². The zero-order valence-electron chi connectivity index (χ0n) is 17.9. The van der Waals surface area contributed by atoms with Gasteiger partial charge in [-0.1, -0.05) is 29.8 Å². The van der Waals surface area contributed by atoms with Gasteiger partial charge in [-0.2, -0.15) is 4.98 Å². The topological polar surface area (TPSA) is 105 Å². The van der Waals surface area contributed by atoms with E-state index in [9.17, 15) is 14.4 Å². The van der Waals surface area contributed by atoms with Crippen LogP contribution in [-0.4, -0.2) is 69.8 Å². The number of anilines is 1. The van der Waals surface area contributed by atoms with Gasteiger partial charge in [-0.05, 0) is 12.5 Å². The third kappa shape index (κ3) is 4.11. The van der Waals surface area contributed by atoms with E-state index >= 15 is 0 Å². The van der Waals surface area contributed by atoms with Crippen LogP contribution in [0.25, 0.3) is 11.2 Å². The van der Waals surface area contributed by atoms with Gasteiger partial charge in [-0.15, -0.1) is 0 Å². The second-order valence-corrected chi connectivity index (χ2v) is 7.82. The number of aromatic nitrogens is 4. The molecule has 3 aromatic rings. The second-order valence-electron chi connectivity index (χ2n) is 7.82. The van der Waals surface area contributed by atoms with Crippen LogP contribution in [0.5, 0.6) is 0 Å². The molecule has 1 saturated heterocycles. The number of fused-ring (bicyclic) bond motifs is 1. The summed E-state index contributed by atoms with van der Waals surface area (Å²) in [5, 5.41) is 0. The van der Waals surface area contributed by atoms with Crippen molar-refractivity contribution < 1.29 is 9.53 Å². The fraction of sp³-hybridized carbons (Fsp3) is 0.429. The summed E-state index contributed by atoms with van der Waals surface area (Å²) in [6.45, 7) is 5.33. The fourth-order valence-corrected chi connectivity index (χ4v) is 3.96. The van der Waals surface area contributed by atoms with Crippen molar-refractivity contribution in [3.05, 3.63) is 56.2 Å². The highest BCUT2D eigenvalue weighted by Crippen LogP contribution is 2.22. The van der Waals surface area contributed by atoms with Crippen LogP contribution >= 0.6 is 0 Å². The molecule has 0 aliphatic carbocycles. The molecule has 1 aliphatic heterocycles. The van der Waals surface area contributed by atoms with Crippen molar-refractivity contribution in [3.63, 3.8) is 0 Å². The number of benzene rings is 1. The van der Waals surface area contributed by atoms with Gasteiger partial charge in [-0.3, -0.25) is 28.6 Å². The van der Waals surface area contributed by atoms with Crippen LogP contribution in [0.3, 0.4) is 0 Å². The monoisotopic (exact) mass is 426 g/mol. The van der Waals surface area contributed by atoms with Gasteiger partial charge in [0, 0.05) is 33.2 Å². The molecule has 0 atom stereocenters. The van der Waals surface area contributed by atoms with Crippen molar-refractivity contribution in [1.29, 1.82) is 0 Å². The summed E-state index contributed by atoms with van der Waals surface area (Å²) in [5.74, 6) is 0.377. The third-order valence-corrected chi connectivity index (χ3v) is 5.65. The van der Waals surface area contributed by atoms with E-state index < -0.39 is 11.2 Å². The maximum atomic E-state index is 12.7. The maximum absolute atomic E-state index is 12.7. The first kappa shape index (κ1) is 20.9. The average molecular weight is 426 g/mol. The Morgan fingerprint density at radius 2 is 1.94 bits per heavy atom. The number of carbonyl (C=O) groups is 1. The molecule has 1 aliphatic rings. The van der Waals surface area contributed by atoms with E-state index in [0.717, 1.165) is 11.1 Å². The van der Waals surface area contributed by atoms with Crippen LogP contribution in [0.15, 0.2) is 33.9 Å². The van der Waals surface area contributed by atoms with E-state index in [1.807, 2.05) is 34.6 Å². The molecule has 0 unspecified atom stereocenters. The van der Waals surface area contributed by atoms with Crippen molar-refractivity contribution in [3.8, 4) is 0 Å². The molecule has 0 radical (unpaired) electrons. The SMILES string of the molecule is COC(=O)CN1CCN(c2nc3c(c(=O)[nH]c(=O)n3C)n2Cc2cccc(C)c2)CC1. The number of ether oxygens (including phenoxy) is 1. The maximum Gasteiger partial charge on any atom is 0.329 e. The molecular weight excluding hydrogens is 400 g/mol. The zero-order chi connectivity index (χ0) is 22.1. The molecule has 31 heavy (non-hydrogen) atoms. The number of aryl methyl sites for hydroxylation is 2. The highest BCUT2D eigenvalue weighted by atomic mass is 16.5. The van der Waals surface area contributed by atoms with Gasteiger partial charge in [0.05, 0.1) is 20.2 Å². The predicted molar refractivity (Wildman–Crippen MR) is 117 cm³/mol. The first-order valence-electron chi connectivity index (χ1n) is 10.2. The molecule has 10 heteroatoms. The Kier molecular flexibility index (Phi) is 5.64. The van der Waals surface area contributed by atoms with Crippen LogP contribution in [0.2, 0.25) is 0 Å². The normalized spacial score (nSPS) is 14.9. The van der Waals surface area contributed by atoms with Crippen molar-refractivity contribution in [2.24, 2.45) is 7.05 Å². The van der Waals surface area contributed by atoms with Crippen molar-refractivity contribution >= 4 is 23.1 Å². The second kappa shape index (κ2) is 8.38. The summed E-state index contributed by atoms with van der Waals surface area (Å²) in [5.41, 5.74) is 1.95. The number of H-pyrrole nitrogens is 1. The standard InChI is InChI=1S/C21H26N6O4/c1-14-5-4-6-15(11-14)12-27-17-18(24(2)21(30)23-19(17)29)22-20(27)26-9-7-25(8-10-26)13-16(28)31-3/h4-6,11H,7-10,12-13H2,1-3H3,(H,23,29,30). The first-order valence-corrected chi connectivity index (χ1v) is 10.2. The van der Waals surface area contributed by atoms with Gasteiger partial charge in [0.15, 0.2) is 11.2 Å². The van der Waals surface area contributed by atoms with Crippen LogP contribution in [-0.2, 0) is 23.1 Å². The number of piperazine rings is 1. The zero-order valence-corrected chi connectivity index (χ0v) is 17.9. The van der Waals surface area contributed by atoms with Gasteiger partial charge in [-0.25, -0.2) is 4.79 Å². The quantitative estimate of drug-likeness (QED) is 0.576. The predicted octanol–water partition coefficient (Wildman–Crippen LogP) is 0.0750. The number of esters is 1. The molecule has 1 fully saturated rings. The molecule has 0 spiro atoms.